The number of benzene rings is 1. The molecule has 0 aliphatic carbocycles. The van der Waals surface area contributed by atoms with Crippen molar-refractivity contribution in [2.24, 2.45) is 4.99 Å². The van der Waals surface area contributed by atoms with E-state index < -0.39 is 5.54 Å². The van der Waals surface area contributed by atoms with Crippen LogP contribution in [0.15, 0.2) is 84.8 Å². The number of nitrogen functional groups attached to an aromatic ring is 1. The number of rotatable bonds is 3. The molecule has 0 saturated heterocycles. The van der Waals surface area contributed by atoms with E-state index in [1.54, 1.807) is 31.0 Å². The minimum Gasteiger partial charge on any atom is -0.383 e. The van der Waals surface area contributed by atoms with Gasteiger partial charge in [0, 0.05) is 53.9 Å². The molecule has 1 aliphatic heterocycles. The summed E-state index contributed by atoms with van der Waals surface area (Å²) >= 11 is 0. The normalized spacial score (nSPS) is 17.4. The molecule has 4 heterocycles. The molecule has 1 aromatic carbocycles. The van der Waals surface area contributed by atoms with Crippen molar-refractivity contribution in [3.63, 3.8) is 0 Å². The van der Waals surface area contributed by atoms with Gasteiger partial charge in [-0.25, -0.2) is 15.0 Å². The molecule has 1 unspecified atom stereocenters. The minimum atomic E-state index is -0.776. The first-order valence-corrected chi connectivity index (χ1v) is 8.85. The van der Waals surface area contributed by atoms with E-state index in [0.29, 0.717) is 5.82 Å². The van der Waals surface area contributed by atoms with Crippen molar-refractivity contribution in [1.29, 1.82) is 0 Å². The molecule has 0 fully saturated rings. The third-order valence-electron chi connectivity index (χ3n) is 5.04. The predicted molar refractivity (Wildman–Crippen MR) is 108 cm³/mol. The molecule has 6 heteroatoms. The number of anilines is 1. The van der Waals surface area contributed by atoms with Gasteiger partial charge in [0.25, 0.3) is 0 Å². The fourth-order valence-electron chi connectivity index (χ4n) is 3.80. The average molecular weight is 364 g/mol. The minimum absolute atomic E-state index is 0.472. The third-order valence-corrected chi connectivity index (χ3v) is 5.04. The summed E-state index contributed by atoms with van der Waals surface area (Å²) < 4.78 is 0. The number of nitrogens with zero attached hydrogens (tertiary/aromatic N) is 5. The van der Waals surface area contributed by atoms with E-state index >= 15 is 0 Å². The van der Waals surface area contributed by atoms with Crippen LogP contribution in [0.1, 0.15) is 22.3 Å². The van der Waals surface area contributed by atoms with E-state index in [0.717, 1.165) is 33.4 Å². The van der Waals surface area contributed by atoms with Gasteiger partial charge in [-0.2, -0.15) is 0 Å². The van der Waals surface area contributed by atoms with Crippen LogP contribution in [0.5, 0.6) is 0 Å². The lowest BCUT2D eigenvalue weighted by Crippen LogP contribution is -2.27. The fraction of sp³-hybridized carbons (Fsp3) is 0.0455. The van der Waals surface area contributed by atoms with E-state index in [2.05, 4.69) is 32.1 Å². The second-order valence-corrected chi connectivity index (χ2v) is 6.57. The lowest BCUT2D eigenvalue weighted by molar-refractivity contribution is 0.672. The molecule has 4 aromatic rings. The lowest BCUT2D eigenvalue weighted by atomic mass is 9.77. The fourth-order valence-corrected chi connectivity index (χ4v) is 3.80. The Bertz CT molecular complexity index is 1170. The second kappa shape index (κ2) is 6.35. The Balaban J connectivity index is 1.79. The number of pyridine rings is 2. The van der Waals surface area contributed by atoms with Gasteiger partial charge in [0.2, 0.25) is 0 Å². The van der Waals surface area contributed by atoms with Gasteiger partial charge in [-0.15, -0.1) is 0 Å². The van der Waals surface area contributed by atoms with E-state index in [4.69, 9.17) is 10.7 Å². The number of aliphatic imine (C=N–C) groups is 1. The Morgan fingerprint density at radius 3 is 2.43 bits per heavy atom. The first-order valence-electron chi connectivity index (χ1n) is 8.85. The summed E-state index contributed by atoms with van der Waals surface area (Å²) in [4.78, 5) is 21.7. The molecular formula is C22H16N6. The van der Waals surface area contributed by atoms with Crippen molar-refractivity contribution in [2.45, 2.75) is 5.54 Å². The van der Waals surface area contributed by atoms with Crippen molar-refractivity contribution < 1.29 is 0 Å². The van der Waals surface area contributed by atoms with Crippen LogP contribution in [0.25, 0.3) is 11.1 Å². The van der Waals surface area contributed by atoms with Crippen LogP contribution in [0.3, 0.4) is 0 Å². The summed E-state index contributed by atoms with van der Waals surface area (Å²) in [6.07, 6.45) is 12.2. The Hall–Kier alpha value is -3.93. The number of hydrogen-bond donors (Lipinski definition) is 1. The van der Waals surface area contributed by atoms with Gasteiger partial charge in [-0.1, -0.05) is 18.2 Å². The van der Waals surface area contributed by atoms with Crippen LogP contribution in [-0.2, 0) is 5.54 Å². The zero-order chi connectivity index (χ0) is 19.0. The SMILES string of the molecule is Nc1nccc2c1C(c1ccncc1)(c1cccc(-c3cncnc3)c1)N=C2. The first kappa shape index (κ1) is 16.3. The van der Waals surface area contributed by atoms with Crippen molar-refractivity contribution in [2.75, 3.05) is 5.73 Å². The average Bonchev–Trinajstić information content (AvgIpc) is 3.17. The van der Waals surface area contributed by atoms with Crippen LogP contribution in [0.2, 0.25) is 0 Å². The largest absolute Gasteiger partial charge is 0.383 e. The summed E-state index contributed by atoms with van der Waals surface area (Å²) in [7, 11) is 0. The summed E-state index contributed by atoms with van der Waals surface area (Å²) in [6, 6.07) is 14.1. The van der Waals surface area contributed by atoms with Gasteiger partial charge in [-0.05, 0) is 41.0 Å². The maximum Gasteiger partial charge on any atom is 0.140 e. The molecule has 3 aromatic heterocycles. The zero-order valence-electron chi connectivity index (χ0n) is 14.9. The van der Waals surface area contributed by atoms with Crippen LogP contribution >= 0.6 is 0 Å². The third kappa shape index (κ3) is 2.39. The molecule has 0 bridgehead atoms. The lowest BCUT2D eigenvalue weighted by Gasteiger charge is -2.30. The Kier molecular flexibility index (Phi) is 3.69. The van der Waals surface area contributed by atoms with Gasteiger partial charge in [-0.3, -0.25) is 9.98 Å². The molecule has 134 valence electrons. The van der Waals surface area contributed by atoms with E-state index in [1.165, 1.54) is 6.33 Å². The van der Waals surface area contributed by atoms with E-state index in [1.807, 2.05) is 36.5 Å². The highest BCUT2D eigenvalue weighted by Gasteiger charge is 2.42. The van der Waals surface area contributed by atoms with Gasteiger partial charge in [0.15, 0.2) is 0 Å². The Morgan fingerprint density at radius 1 is 0.786 bits per heavy atom. The monoisotopic (exact) mass is 364 g/mol. The summed E-state index contributed by atoms with van der Waals surface area (Å²) in [5.41, 5.74) is 11.4. The number of fused-ring (bicyclic) bond motifs is 1. The summed E-state index contributed by atoms with van der Waals surface area (Å²) in [5, 5.41) is 0. The van der Waals surface area contributed by atoms with Crippen LogP contribution in [0.4, 0.5) is 5.82 Å². The van der Waals surface area contributed by atoms with Gasteiger partial charge in [0.05, 0.1) is 0 Å². The number of aromatic nitrogens is 4. The molecule has 0 saturated carbocycles. The Labute approximate surface area is 161 Å². The zero-order valence-corrected chi connectivity index (χ0v) is 14.9. The highest BCUT2D eigenvalue weighted by Crippen LogP contribution is 2.47. The molecular weight excluding hydrogens is 348 g/mol. The highest BCUT2D eigenvalue weighted by atomic mass is 14.9. The highest BCUT2D eigenvalue weighted by molar-refractivity contribution is 5.91. The standard InChI is InChI=1S/C22H16N6/c23-21-20-16(4-9-27-21)13-28-22(20,18-5-7-24-8-6-18)19-3-1-2-15(10-19)17-11-25-14-26-12-17/h1-14H,(H2,23,27). The van der Waals surface area contributed by atoms with Gasteiger partial charge in [0.1, 0.15) is 17.7 Å². The van der Waals surface area contributed by atoms with Crippen LogP contribution in [0, 0.1) is 0 Å². The quantitative estimate of drug-likeness (QED) is 0.603. The van der Waals surface area contributed by atoms with Crippen LogP contribution < -0.4 is 5.73 Å². The van der Waals surface area contributed by atoms with Gasteiger partial charge >= 0.3 is 0 Å². The molecule has 5 rings (SSSR count). The van der Waals surface area contributed by atoms with Crippen molar-refractivity contribution in [3.8, 4) is 11.1 Å². The molecule has 1 aliphatic rings. The molecule has 28 heavy (non-hydrogen) atoms. The number of hydrogen-bond acceptors (Lipinski definition) is 6. The van der Waals surface area contributed by atoms with Crippen molar-refractivity contribution in [3.05, 3.63) is 102 Å². The first-order chi connectivity index (χ1) is 13.8. The molecule has 2 N–H and O–H groups in total. The molecule has 0 amide bonds. The van der Waals surface area contributed by atoms with E-state index in [9.17, 15) is 0 Å². The number of nitrogens with two attached hydrogens (primary N) is 1. The summed E-state index contributed by atoms with van der Waals surface area (Å²) in [5.74, 6) is 0.472. The van der Waals surface area contributed by atoms with Crippen LogP contribution in [-0.4, -0.2) is 26.2 Å². The predicted octanol–water partition coefficient (Wildman–Crippen LogP) is 3.24. The summed E-state index contributed by atoms with van der Waals surface area (Å²) in [6.45, 7) is 0. The second-order valence-electron chi connectivity index (χ2n) is 6.57. The van der Waals surface area contributed by atoms with Crippen molar-refractivity contribution in [1.82, 2.24) is 19.9 Å². The van der Waals surface area contributed by atoms with Gasteiger partial charge < -0.3 is 5.73 Å². The molecule has 0 radical (unpaired) electrons. The maximum atomic E-state index is 6.34. The molecule has 0 spiro atoms. The Morgan fingerprint density at radius 2 is 1.61 bits per heavy atom. The van der Waals surface area contributed by atoms with Crippen molar-refractivity contribution >= 4 is 12.0 Å². The smallest absolute Gasteiger partial charge is 0.140 e. The topological polar surface area (TPSA) is 89.9 Å². The van der Waals surface area contributed by atoms with E-state index in [-0.39, 0.29) is 0 Å². The maximum absolute atomic E-state index is 6.34. The molecule has 1 atom stereocenters. The molecule has 6 nitrogen and oxygen atoms in total.